The molecule has 3 aliphatic heterocycles. The van der Waals surface area contributed by atoms with Gasteiger partial charge in [-0.15, -0.1) is 0 Å². The molecule has 1 unspecified atom stereocenters. The number of piperidine rings is 3. The Hall–Kier alpha value is -1.75. The summed E-state index contributed by atoms with van der Waals surface area (Å²) in [6.45, 7) is 3.16. The van der Waals surface area contributed by atoms with Crippen LogP contribution in [0.2, 0.25) is 10.0 Å². The predicted octanol–water partition coefficient (Wildman–Crippen LogP) is 4.90. The zero-order valence-electron chi connectivity index (χ0n) is 14.9. The summed E-state index contributed by atoms with van der Waals surface area (Å²) >= 11 is 12.4. The van der Waals surface area contributed by atoms with Crippen molar-refractivity contribution in [3.05, 3.63) is 69.7 Å². The maximum atomic E-state index is 12.7. The van der Waals surface area contributed by atoms with Gasteiger partial charge in [0.15, 0.2) is 6.10 Å². The molecular formula is C21H22Cl2N2O2. The van der Waals surface area contributed by atoms with Gasteiger partial charge < -0.3 is 15.0 Å². The number of hydrogen-bond donors (Lipinski definition) is 1. The van der Waals surface area contributed by atoms with E-state index in [1.165, 1.54) is 0 Å². The van der Waals surface area contributed by atoms with Gasteiger partial charge in [0.25, 0.3) is 0 Å². The molecule has 3 aliphatic rings. The second-order valence-electron chi connectivity index (χ2n) is 7.25. The summed E-state index contributed by atoms with van der Waals surface area (Å²) in [4.78, 5) is 15.1. The number of carbonyl (C=O) groups is 1. The topological polar surface area (TPSA) is 41.6 Å². The molecule has 2 aromatic carbocycles. The maximum absolute atomic E-state index is 12.7. The second-order valence-corrected chi connectivity index (χ2v) is 8.09. The summed E-state index contributed by atoms with van der Waals surface area (Å²) in [6, 6.07) is 14.9. The van der Waals surface area contributed by atoms with Gasteiger partial charge in [0.05, 0.1) is 0 Å². The van der Waals surface area contributed by atoms with Crippen LogP contribution in [-0.2, 0) is 4.74 Å². The number of fused-ring (bicyclic) bond motifs is 3. The van der Waals surface area contributed by atoms with Gasteiger partial charge in [-0.05, 0) is 55.6 Å². The monoisotopic (exact) mass is 404 g/mol. The largest absolute Gasteiger partial charge is 0.436 e. The van der Waals surface area contributed by atoms with E-state index >= 15 is 0 Å². The van der Waals surface area contributed by atoms with Crippen LogP contribution in [0.5, 0.6) is 0 Å². The van der Waals surface area contributed by atoms with Crippen molar-refractivity contribution >= 4 is 29.3 Å². The lowest BCUT2D eigenvalue weighted by molar-refractivity contribution is 0.0593. The number of carbonyl (C=O) groups excluding carboxylic acids is 1. The molecule has 2 bridgehead atoms. The number of benzene rings is 2. The first-order chi connectivity index (χ1) is 13.1. The summed E-state index contributed by atoms with van der Waals surface area (Å²) in [5.74, 6) is 0.539. The van der Waals surface area contributed by atoms with E-state index in [-0.39, 0.29) is 6.04 Å². The van der Waals surface area contributed by atoms with Crippen LogP contribution in [0.15, 0.2) is 48.5 Å². The van der Waals surface area contributed by atoms with Crippen LogP contribution < -0.4 is 5.32 Å². The van der Waals surface area contributed by atoms with Crippen molar-refractivity contribution in [2.45, 2.75) is 25.0 Å². The van der Waals surface area contributed by atoms with Crippen molar-refractivity contribution < 1.29 is 9.53 Å². The van der Waals surface area contributed by atoms with E-state index in [0.29, 0.717) is 16.0 Å². The molecule has 1 N–H and O–H groups in total. The third-order valence-corrected chi connectivity index (χ3v) is 6.14. The van der Waals surface area contributed by atoms with Crippen molar-refractivity contribution in [2.24, 2.45) is 5.92 Å². The number of amides is 1. The predicted molar refractivity (Wildman–Crippen MR) is 107 cm³/mol. The first-order valence-corrected chi connectivity index (χ1v) is 10.0. The molecule has 3 saturated heterocycles. The SMILES string of the molecule is O=C(N[C@H]1CN2CCC1CC2)OC(c1ccc(Cl)cc1)c1ccccc1Cl. The average Bonchev–Trinajstić information content (AvgIpc) is 2.68. The van der Waals surface area contributed by atoms with Crippen molar-refractivity contribution in [2.75, 3.05) is 19.6 Å². The highest BCUT2D eigenvalue weighted by atomic mass is 35.5. The molecule has 0 radical (unpaired) electrons. The van der Waals surface area contributed by atoms with Crippen LogP contribution in [0.4, 0.5) is 4.79 Å². The Morgan fingerprint density at radius 2 is 1.78 bits per heavy atom. The molecule has 3 heterocycles. The number of nitrogens with one attached hydrogen (secondary N) is 1. The lowest BCUT2D eigenvalue weighted by Crippen LogP contribution is -2.57. The third kappa shape index (κ3) is 4.23. The molecular weight excluding hydrogens is 383 g/mol. The van der Waals surface area contributed by atoms with Crippen LogP contribution in [0.3, 0.4) is 0 Å². The number of halogens is 2. The Morgan fingerprint density at radius 1 is 1.07 bits per heavy atom. The normalized spacial score (nSPS) is 25.0. The molecule has 1 amide bonds. The van der Waals surface area contributed by atoms with Gasteiger partial charge in [-0.2, -0.15) is 0 Å². The smallest absolute Gasteiger partial charge is 0.408 e. The zero-order chi connectivity index (χ0) is 18.8. The van der Waals surface area contributed by atoms with Gasteiger partial charge in [-0.3, -0.25) is 0 Å². The lowest BCUT2D eigenvalue weighted by atomic mass is 9.84. The van der Waals surface area contributed by atoms with Gasteiger partial charge in [0.2, 0.25) is 0 Å². The molecule has 0 aliphatic carbocycles. The molecule has 27 heavy (non-hydrogen) atoms. The highest BCUT2D eigenvalue weighted by molar-refractivity contribution is 6.31. The minimum atomic E-state index is -0.586. The van der Waals surface area contributed by atoms with E-state index in [0.717, 1.165) is 43.6 Å². The molecule has 6 heteroatoms. The van der Waals surface area contributed by atoms with Gasteiger partial charge in [0, 0.05) is 28.2 Å². The average molecular weight is 405 g/mol. The molecule has 5 rings (SSSR count). The molecule has 2 aromatic rings. The number of hydrogen-bond acceptors (Lipinski definition) is 3. The number of rotatable bonds is 4. The Balaban J connectivity index is 1.53. The van der Waals surface area contributed by atoms with Gasteiger partial charge >= 0.3 is 6.09 Å². The quantitative estimate of drug-likeness (QED) is 0.787. The number of alkyl carbamates (subject to hydrolysis) is 1. The van der Waals surface area contributed by atoms with E-state index < -0.39 is 12.2 Å². The number of ether oxygens (including phenoxy) is 1. The van der Waals surface area contributed by atoms with Crippen LogP contribution in [0.1, 0.15) is 30.1 Å². The van der Waals surface area contributed by atoms with Gasteiger partial charge in [-0.1, -0.05) is 53.5 Å². The van der Waals surface area contributed by atoms with Gasteiger partial charge in [0.1, 0.15) is 0 Å². The molecule has 0 saturated carbocycles. The number of nitrogens with zero attached hydrogens (tertiary/aromatic N) is 1. The minimum Gasteiger partial charge on any atom is -0.436 e. The maximum Gasteiger partial charge on any atom is 0.408 e. The first kappa shape index (κ1) is 18.6. The van der Waals surface area contributed by atoms with Crippen LogP contribution in [0, 0.1) is 5.92 Å². The van der Waals surface area contributed by atoms with Crippen LogP contribution in [0.25, 0.3) is 0 Å². The summed E-state index contributed by atoms with van der Waals surface area (Å²) in [5, 5.41) is 4.27. The fraction of sp³-hybridized carbons (Fsp3) is 0.381. The van der Waals surface area contributed by atoms with Crippen LogP contribution in [-0.4, -0.2) is 36.7 Å². The molecule has 2 atom stereocenters. The fourth-order valence-electron chi connectivity index (χ4n) is 4.06. The van der Waals surface area contributed by atoms with E-state index in [1.807, 2.05) is 30.3 Å². The fourth-order valence-corrected chi connectivity index (χ4v) is 4.42. The molecule has 3 fully saturated rings. The van der Waals surface area contributed by atoms with Crippen molar-refractivity contribution in [3.63, 3.8) is 0 Å². The standard InChI is InChI=1S/C21H22Cl2N2O2/c22-16-7-5-15(6-8-16)20(17-3-1-2-4-18(17)23)27-21(26)24-19-13-25-11-9-14(19)10-12-25/h1-8,14,19-20H,9-13H2,(H,24,26)/t19-,20?/m0/s1. The molecule has 142 valence electrons. The van der Waals surface area contributed by atoms with E-state index in [4.69, 9.17) is 27.9 Å². The molecule has 0 aromatic heterocycles. The van der Waals surface area contributed by atoms with E-state index in [9.17, 15) is 4.79 Å². The highest BCUT2D eigenvalue weighted by Crippen LogP contribution is 2.33. The Bertz CT molecular complexity index is 804. The summed E-state index contributed by atoms with van der Waals surface area (Å²) < 4.78 is 5.86. The van der Waals surface area contributed by atoms with Crippen molar-refractivity contribution in [1.29, 1.82) is 0 Å². The van der Waals surface area contributed by atoms with Crippen molar-refractivity contribution in [1.82, 2.24) is 10.2 Å². The first-order valence-electron chi connectivity index (χ1n) is 9.29. The van der Waals surface area contributed by atoms with E-state index in [1.54, 1.807) is 18.2 Å². The summed E-state index contributed by atoms with van der Waals surface area (Å²) in [6.07, 6.45) is 1.28. The lowest BCUT2D eigenvalue weighted by Gasteiger charge is -2.44. The second kappa shape index (κ2) is 8.09. The molecule has 0 spiro atoms. The van der Waals surface area contributed by atoms with Crippen LogP contribution >= 0.6 is 23.2 Å². The third-order valence-electron chi connectivity index (χ3n) is 5.54. The summed E-state index contributed by atoms with van der Waals surface area (Å²) in [7, 11) is 0. The zero-order valence-corrected chi connectivity index (χ0v) is 16.4. The minimum absolute atomic E-state index is 0.150. The van der Waals surface area contributed by atoms with Gasteiger partial charge in [-0.25, -0.2) is 4.79 Å². The Labute approximate surface area is 169 Å². The highest BCUT2D eigenvalue weighted by Gasteiger charge is 2.35. The molecule has 4 nitrogen and oxygen atoms in total. The Kier molecular flexibility index (Phi) is 5.58. The van der Waals surface area contributed by atoms with Crippen molar-refractivity contribution in [3.8, 4) is 0 Å². The Morgan fingerprint density at radius 3 is 2.41 bits per heavy atom. The van der Waals surface area contributed by atoms with E-state index in [2.05, 4.69) is 10.2 Å². The summed E-state index contributed by atoms with van der Waals surface area (Å²) in [5.41, 5.74) is 1.59.